The highest BCUT2D eigenvalue weighted by Gasteiger charge is 2.30. The zero-order valence-electron chi connectivity index (χ0n) is 14.0. The number of carboxylic acid groups (broad SMARTS) is 1. The van der Waals surface area contributed by atoms with Crippen molar-refractivity contribution >= 4 is 5.97 Å². The van der Waals surface area contributed by atoms with Crippen molar-refractivity contribution in [2.45, 2.75) is 25.8 Å². The maximum atomic E-state index is 12.1. The Morgan fingerprint density at radius 1 is 1.08 bits per heavy atom. The SMILES string of the molecule is COc1cc(OCc2ccc(OC(F)(F)F)cc2)cc(C(C)C(=O)O)c1. The Labute approximate surface area is 147 Å². The second kappa shape index (κ2) is 7.99. The van der Waals surface area contributed by atoms with E-state index in [-0.39, 0.29) is 12.4 Å². The maximum Gasteiger partial charge on any atom is 0.573 e. The number of halogens is 3. The molecule has 0 spiro atoms. The Morgan fingerprint density at radius 3 is 2.23 bits per heavy atom. The molecule has 0 fully saturated rings. The lowest BCUT2D eigenvalue weighted by Gasteiger charge is -2.13. The fourth-order valence-corrected chi connectivity index (χ4v) is 2.14. The van der Waals surface area contributed by atoms with Gasteiger partial charge >= 0.3 is 12.3 Å². The number of hydrogen-bond acceptors (Lipinski definition) is 4. The van der Waals surface area contributed by atoms with Gasteiger partial charge in [-0.1, -0.05) is 12.1 Å². The molecule has 0 aromatic heterocycles. The summed E-state index contributed by atoms with van der Waals surface area (Å²) >= 11 is 0. The summed E-state index contributed by atoms with van der Waals surface area (Å²) < 4.78 is 51.0. The minimum absolute atomic E-state index is 0.0837. The highest BCUT2D eigenvalue weighted by Crippen LogP contribution is 2.28. The Kier molecular flexibility index (Phi) is 5.97. The van der Waals surface area contributed by atoms with Gasteiger partial charge in [-0.3, -0.25) is 4.79 Å². The van der Waals surface area contributed by atoms with Gasteiger partial charge < -0.3 is 19.3 Å². The summed E-state index contributed by atoms with van der Waals surface area (Å²) in [5.74, 6) is -1.21. The highest BCUT2D eigenvalue weighted by atomic mass is 19.4. The van der Waals surface area contributed by atoms with E-state index in [4.69, 9.17) is 14.6 Å². The van der Waals surface area contributed by atoms with Gasteiger partial charge in [-0.2, -0.15) is 0 Å². The van der Waals surface area contributed by atoms with Crippen LogP contribution >= 0.6 is 0 Å². The summed E-state index contributed by atoms with van der Waals surface area (Å²) in [6, 6.07) is 10.1. The minimum atomic E-state index is -4.74. The molecule has 1 N–H and O–H groups in total. The maximum absolute atomic E-state index is 12.1. The molecule has 1 atom stereocenters. The predicted molar refractivity (Wildman–Crippen MR) is 86.5 cm³/mol. The summed E-state index contributed by atoms with van der Waals surface area (Å²) in [5.41, 5.74) is 1.14. The van der Waals surface area contributed by atoms with E-state index in [0.717, 1.165) is 0 Å². The van der Waals surface area contributed by atoms with Gasteiger partial charge in [0, 0.05) is 6.07 Å². The summed E-state index contributed by atoms with van der Waals surface area (Å²) in [6.45, 7) is 1.63. The van der Waals surface area contributed by atoms with Gasteiger partial charge in [-0.05, 0) is 42.3 Å². The summed E-state index contributed by atoms with van der Waals surface area (Å²) in [5, 5.41) is 9.13. The van der Waals surface area contributed by atoms with Crippen molar-refractivity contribution in [1.82, 2.24) is 0 Å². The molecule has 0 aliphatic carbocycles. The lowest BCUT2D eigenvalue weighted by atomic mass is 10.0. The molecule has 0 saturated heterocycles. The Hall–Kier alpha value is -2.90. The van der Waals surface area contributed by atoms with Gasteiger partial charge in [0.1, 0.15) is 23.9 Å². The molecule has 5 nitrogen and oxygen atoms in total. The molecule has 0 aliphatic rings. The number of benzene rings is 2. The van der Waals surface area contributed by atoms with Gasteiger partial charge in [0.05, 0.1) is 13.0 Å². The first-order valence-electron chi connectivity index (χ1n) is 7.57. The van der Waals surface area contributed by atoms with Gasteiger partial charge in [0.2, 0.25) is 0 Å². The Balaban J connectivity index is 2.09. The molecule has 2 aromatic rings. The number of aliphatic carboxylic acids is 1. The predicted octanol–water partition coefficient (Wildman–Crippen LogP) is 4.36. The van der Waals surface area contributed by atoms with Crippen LogP contribution in [0.5, 0.6) is 17.2 Å². The van der Waals surface area contributed by atoms with Crippen LogP contribution in [0.15, 0.2) is 42.5 Å². The second-order valence-corrected chi connectivity index (χ2v) is 5.48. The van der Waals surface area contributed by atoms with Crippen molar-refractivity contribution in [3.8, 4) is 17.2 Å². The van der Waals surface area contributed by atoms with Crippen LogP contribution in [0.3, 0.4) is 0 Å². The molecular weight excluding hydrogens is 353 g/mol. The van der Waals surface area contributed by atoms with Gasteiger partial charge in [-0.25, -0.2) is 0 Å². The van der Waals surface area contributed by atoms with E-state index in [1.807, 2.05) is 0 Å². The first kappa shape index (κ1) is 19.4. The van der Waals surface area contributed by atoms with Crippen LogP contribution < -0.4 is 14.2 Å². The lowest BCUT2D eigenvalue weighted by Crippen LogP contribution is -2.17. The van der Waals surface area contributed by atoms with E-state index in [2.05, 4.69) is 4.74 Å². The number of rotatable bonds is 7. The molecule has 26 heavy (non-hydrogen) atoms. The highest BCUT2D eigenvalue weighted by molar-refractivity contribution is 5.76. The normalized spacial score (nSPS) is 12.3. The van der Waals surface area contributed by atoms with Crippen LogP contribution in [0.4, 0.5) is 13.2 Å². The van der Waals surface area contributed by atoms with Crippen LogP contribution in [0.2, 0.25) is 0 Å². The number of hydrogen-bond donors (Lipinski definition) is 1. The fourth-order valence-electron chi connectivity index (χ4n) is 2.14. The zero-order chi connectivity index (χ0) is 19.3. The summed E-state index contributed by atoms with van der Waals surface area (Å²) in [7, 11) is 1.45. The van der Waals surface area contributed by atoms with Gasteiger partial charge in [0.25, 0.3) is 0 Å². The van der Waals surface area contributed by atoms with Crippen molar-refractivity contribution in [2.24, 2.45) is 0 Å². The molecule has 0 radical (unpaired) electrons. The van der Waals surface area contributed by atoms with E-state index in [1.54, 1.807) is 25.1 Å². The Bertz CT molecular complexity index is 756. The van der Waals surface area contributed by atoms with E-state index < -0.39 is 18.2 Å². The van der Waals surface area contributed by atoms with Crippen LogP contribution in [0.1, 0.15) is 24.0 Å². The third-order valence-corrected chi connectivity index (χ3v) is 3.57. The molecule has 0 bridgehead atoms. The van der Waals surface area contributed by atoms with Crippen molar-refractivity contribution < 1.29 is 37.3 Å². The summed E-state index contributed by atoms with van der Waals surface area (Å²) in [4.78, 5) is 11.1. The number of ether oxygens (including phenoxy) is 3. The molecule has 0 amide bonds. The van der Waals surface area contributed by atoms with Crippen LogP contribution in [-0.4, -0.2) is 24.5 Å². The van der Waals surface area contributed by atoms with Gasteiger partial charge in [0.15, 0.2) is 0 Å². The standard InChI is InChI=1S/C18H17F3O5/c1-11(17(22)23)13-7-15(24-2)9-16(8-13)25-10-12-3-5-14(6-4-12)26-18(19,20)21/h3-9,11H,10H2,1-2H3,(H,22,23). The molecule has 1 unspecified atom stereocenters. The molecule has 2 rings (SSSR count). The smallest absolute Gasteiger partial charge is 0.497 e. The number of alkyl halides is 3. The molecule has 2 aromatic carbocycles. The molecule has 8 heteroatoms. The van der Waals surface area contributed by atoms with E-state index in [0.29, 0.717) is 22.6 Å². The monoisotopic (exact) mass is 370 g/mol. The number of carboxylic acids is 1. The third kappa shape index (κ3) is 5.58. The molecule has 0 aliphatic heterocycles. The number of methoxy groups -OCH3 is 1. The topological polar surface area (TPSA) is 65.0 Å². The molecular formula is C18H17F3O5. The zero-order valence-corrected chi connectivity index (χ0v) is 14.0. The number of carbonyl (C=O) groups is 1. The molecule has 0 saturated carbocycles. The van der Waals surface area contributed by atoms with Gasteiger partial charge in [-0.15, -0.1) is 13.2 Å². The first-order valence-corrected chi connectivity index (χ1v) is 7.57. The minimum Gasteiger partial charge on any atom is -0.497 e. The lowest BCUT2D eigenvalue weighted by molar-refractivity contribution is -0.274. The molecule has 0 heterocycles. The largest absolute Gasteiger partial charge is 0.573 e. The van der Waals surface area contributed by atoms with Crippen molar-refractivity contribution in [1.29, 1.82) is 0 Å². The second-order valence-electron chi connectivity index (χ2n) is 5.48. The molecule has 140 valence electrons. The van der Waals surface area contributed by atoms with Crippen molar-refractivity contribution in [3.05, 3.63) is 53.6 Å². The average molecular weight is 370 g/mol. The van der Waals surface area contributed by atoms with E-state index in [9.17, 15) is 18.0 Å². The first-order chi connectivity index (χ1) is 12.2. The fraction of sp³-hybridized carbons (Fsp3) is 0.278. The Morgan fingerprint density at radius 2 is 1.69 bits per heavy atom. The van der Waals surface area contributed by atoms with Crippen LogP contribution in [-0.2, 0) is 11.4 Å². The van der Waals surface area contributed by atoms with E-state index in [1.165, 1.54) is 31.4 Å². The van der Waals surface area contributed by atoms with E-state index >= 15 is 0 Å². The summed E-state index contributed by atoms with van der Waals surface area (Å²) in [6.07, 6.45) is -4.74. The van der Waals surface area contributed by atoms with Crippen molar-refractivity contribution in [2.75, 3.05) is 7.11 Å². The average Bonchev–Trinajstić information content (AvgIpc) is 2.58. The third-order valence-electron chi connectivity index (χ3n) is 3.57. The van der Waals surface area contributed by atoms with Crippen LogP contribution in [0, 0.1) is 0 Å². The quantitative estimate of drug-likeness (QED) is 0.784. The van der Waals surface area contributed by atoms with Crippen LogP contribution in [0.25, 0.3) is 0 Å². The van der Waals surface area contributed by atoms with Crippen molar-refractivity contribution in [3.63, 3.8) is 0 Å².